The van der Waals surface area contributed by atoms with Gasteiger partial charge in [-0.3, -0.25) is 4.79 Å². The van der Waals surface area contributed by atoms with Gasteiger partial charge in [0.2, 0.25) is 5.91 Å². The van der Waals surface area contributed by atoms with Gasteiger partial charge in [0.05, 0.1) is 0 Å². The van der Waals surface area contributed by atoms with Crippen molar-refractivity contribution in [3.8, 4) is 22.3 Å². The van der Waals surface area contributed by atoms with Gasteiger partial charge in [0.15, 0.2) is 0 Å². The molecular formula is C33H41NO. The Morgan fingerprint density at radius 3 is 2.00 bits per heavy atom. The van der Waals surface area contributed by atoms with Crippen LogP contribution in [-0.4, -0.2) is 5.91 Å². The van der Waals surface area contributed by atoms with Crippen molar-refractivity contribution in [3.63, 3.8) is 0 Å². The van der Waals surface area contributed by atoms with Crippen molar-refractivity contribution < 1.29 is 4.79 Å². The molecule has 0 aliphatic carbocycles. The van der Waals surface area contributed by atoms with E-state index < -0.39 is 0 Å². The van der Waals surface area contributed by atoms with Gasteiger partial charge < -0.3 is 5.32 Å². The van der Waals surface area contributed by atoms with E-state index in [9.17, 15) is 4.79 Å². The van der Waals surface area contributed by atoms with Gasteiger partial charge >= 0.3 is 0 Å². The molecule has 35 heavy (non-hydrogen) atoms. The smallest absolute Gasteiger partial charge is 0.221 e. The Bertz CT molecular complexity index is 1110. The number of allylic oxidation sites excluding steroid dienone is 1. The number of carbonyl (C=O) groups is 1. The van der Waals surface area contributed by atoms with E-state index in [1.54, 1.807) is 0 Å². The predicted octanol–water partition coefficient (Wildman–Crippen LogP) is 9.20. The third-order valence-electron chi connectivity index (χ3n) is 7.45. The van der Waals surface area contributed by atoms with E-state index in [-0.39, 0.29) is 5.91 Å². The Morgan fingerprint density at radius 1 is 0.829 bits per heavy atom. The van der Waals surface area contributed by atoms with E-state index in [0.29, 0.717) is 29.6 Å². The van der Waals surface area contributed by atoms with Gasteiger partial charge in [-0.25, -0.2) is 0 Å². The standard InChI is InChI=1S/C33H41NO/c1-8-26(23(4)5)20-32(24(6)22(2)3)33-21-29(16-19-31(33)28-12-10-9-11-13-28)27-14-17-30(18-15-27)34-25(7)35/h8-19,21-24,26,32H,1,20H2,2-7H3,(H,34,35). The summed E-state index contributed by atoms with van der Waals surface area (Å²) in [7, 11) is 0. The lowest BCUT2D eigenvalue weighted by molar-refractivity contribution is -0.114. The number of hydrogen-bond acceptors (Lipinski definition) is 1. The Morgan fingerprint density at radius 2 is 1.46 bits per heavy atom. The van der Waals surface area contributed by atoms with Crippen LogP contribution in [0.3, 0.4) is 0 Å². The molecule has 0 radical (unpaired) electrons. The topological polar surface area (TPSA) is 29.1 Å². The fourth-order valence-electron chi connectivity index (χ4n) is 4.90. The molecule has 1 N–H and O–H groups in total. The van der Waals surface area contributed by atoms with Gasteiger partial charge in [-0.05, 0) is 76.0 Å². The maximum atomic E-state index is 11.4. The minimum Gasteiger partial charge on any atom is -0.326 e. The van der Waals surface area contributed by atoms with Gasteiger partial charge in [-0.15, -0.1) is 6.58 Å². The molecule has 0 bridgehead atoms. The molecule has 0 fully saturated rings. The zero-order chi connectivity index (χ0) is 25.5. The minimum absolute atomic E-state index is 0.0558. The Balaban J connectivity index is 2.15. The van der Waals surface area contributed by atoms with Crippen LogP contribution < -0.4 is 5.32 Å². The van der Waals surface area contributed by atoms with E-state index >= 15 is 0 Å². The number of rotatable bonds is 10. The average Bonchev–Trinajstić information content (AvgIpc) is 2.84. The van der Waals surface area contributed by atoms with E-state index in [1.807, 2.05) is 12.1 Å². The lowest BCUT2D eigenvalue weighted by Gasteiger charge is -2.33. The van der Waals surface area contributed by atoms with Crippen LogP contribution in [0.15, 0.2) is 85.5 Å². The van der Waals surface area contributed by atoms with Crippen LogP contribution in [0.1, 0.15) is 59.4 Å². The van der Waals surface area contributed by atoms with Crippen molar-refractivity contribution in [1.29, 1.82) is 0 Å². The molecule has 0 aromatic heterocycles. The molecule has 3 unspecified atom stereocenters. The van der Waals surface area contributed by atoms with Crippen molar-refractivity contribution in [3.05, 3.63) is 91.0 Å². The first-order valence-corrected chi connectivity index (χ1v) is 12.9. The molecule has 184 valence electrons. The molecule has 0 saturated carbocycles. The number of anilines is 1. The van der Waals surface area contributed by atoms with Crippen LogP contribution in [0.5, 0.6) is 0 Å². The van der Waals surface area contributed by atoms with Crippen molar-refractivity contribution in [2.75, 3.05) is 5.32 Å². The van der Waals surface area contributed by atoms with E-state index in [4.69, 9.17) is 0 Å². The average molecular weight is 468 g/mol. The van der Waals surface area contributed by atoms with E-state index in [1.165, 1.54) is 29.2 Å². The highest BCUT2D eigenvalue weighted by atomic mass is 16.1. The molecule has 2 heteroatoms. The van der Waals surface area contributed by atoms with Crippen LogP contribution >= 0.6 is 0 Å². The molecule has 0 saturated heterocycles. The fraction of sp³-hybridized carbons (Fsp3) is 0.364. The summed E-state index contributed by atoms with van der Waals surface area (Å²) < 4.78 is 0. The van der Waals surface area contributed by atoms with Crippen LogP contribution in [0.2, 0.25) is 0 Å². The molecule has 0 spiro atoms. The van der Waals surface area contributed by atoms with Crippen molar-refractivity contribution in [2.45, 2.75) is 53.9 Å². The molecule has 1 amide bonds. The first-order chi connectivity index (χ1) is 16.7. The van der Waals surface area contributed by atoms with Gasteiger partial charge in [-0.1, -0.05) is 101 Å². The highest BCUT2D eigenvalue weighted by Gasteiger charge is 2.28. The summed E-state index contributed by atoms with van der Waals surface area (Å²) in [6, 6.07) is 25.8. The Kier molecular flexibility index (Phi) is 9.09. The zero-order valence-corrected chi connectivity index (χ0v) is 22.2. The normalized spacial score (nSPS) is 13.9. The fourth-order valence-corrected chi connectivity index (χ4v) is 4.90. The molecule has 3 rings (SSSR count). The second-order valence-corrected chi connectivity index (χ2v) is 10.5. The highest BCUT2D eigenvalue weighted by Crippen LogP contribution is 2.43. The summed E-state index contributed by atoms with van der Waals surface area (Å²) >= 11 is 0. The van der Waals surface area contributed by atoms with Crippen LogP contribution in [0.4, 0.5) is 5.69 Å². The monoisotopic (exact) mass is 467 g/mol. The molecule has 0 aliphatic heterocycles. The molecule has 2 nitrogen and oxygen atoms in total. The molecule has 3 aromatic rings. The SMILES string of the molecule is C=CC(CC(c1cc(-c2ccc(NC(C)=O)cc2)ccc1-c1ccccc1)C(C)C(C)C)C(C)C. The van der Waals surface area contributed by atoms with E-state index in [0.717, 1.165) is 17.7 Å². The molecule has 0 aliphatic rings. The van der Waals surface area contributed by atoms with Crippen molar-refractivity contribution >= 4 is 11.6 Å². The minimum atomic E-state index is -0.0558. The third-order valence-corrected chi connectivity index (χ3v) is 7.45. The largest absolute Gasteiger partial charge is 0.326 e. The maximum Gasteiger partial charge on any atom is 0.221 e. The quantitative estimate of drug-likeness (QED) is 0.296. The summed E-state index contributed by atoms with van der Waals surface area (Å²) in [6.45, 7) is 17.4. The molecule has 3 atom stereocenters. The summed E-state index contributed by atoms with van der Waals surface area (Å²) in [5, 5.41) is 2.86. The maximum absolute atomic E-state index is 11.4. The lowest BCUT2D eigenvalue weighted by atomic mass is 9.71. The van der Waals surface area contributed by atoms with Gasteiger partial charge in [0.1, 0.15) is 0 Å². The Hall–Kier alpha value is -3.13. The number of benzene rings is 3. The number of hydrogen-bond donors (Lipinski definition) is 1. The second-order valence-electron chi connectivity index (χ2n) is 10.5. The number of carbonyl (C=O) groups excluding carboxylic acids is 1. The van der Waals surface area contributed by atoms with Gasteiger partial charge in [0.25, 0.3) is 0 Å². The Labute approximate surface area is 212 Å². The molecular weight excluding hydrogens is 426 g/mol. The highest BCUT2D eigenvalue weighted by molar-refractivity contribution is 5.89. The molecule has 0 heterocycles. The summed E-state index contributed by atoms with van der Waals surface area (Å²) in [6.07, 6.45) is 3.24. The summed E-state index contributed by atoms with van der Waals surface area (Å²) in [5.74, 6) is 2.47. The predicted molar refractivity (Wildman–Crippen MR) is 152 cm³/mol. The number of amides is 1. The van der Waals surface area contributed by atoms with Crippen LogP contribution in [0.25, 0.3) is 22.3 Å². The van der Waals surface area contributed by atoms with Crippen LogP contribution in [0, 0.1) is 23.7 Å². The summed E-state index contributed by atoms with van der Waals surface area (Å²) in [4.78, 5) is 11.4. The van der Waals surface area contributed by atoms with Crippen LogP contribution in [-0.2, 0) is 4.79 Å². The number of nitrogens with one attached hydrogen (secondary N) is 1. The van der Waals surface area contributed by atoms with Crippen molar-refractivity contribution in [2.24, 2.45) is 23.7 Å². The first-order valence-electron chi connectivity index (χ1n) is 12.9. The van der Waals surface area contributed by atoms with Gasteiger partial charge in [-0.2, -0.15) is 0 Å². The first kappa shape index (κ1) is 26.5. The van der Waals surface area contributed by atoms with E-state index in [2.05, 4.69) is 113 Å². The summed E-state index contributed by atoms with van der Waals surface area (Å²) in [5.41, 5.74) is 7.16. The van der Waals surface area contributed by atoms with Crippen molar-refractivity contribution in [1.82, 2.24) is 0 Å². The third kappa shape index (κ3) is 6.72. The van der Waals surface area contributed by atoms with Gasteiger partial charge in [0, 0.05) is 12.6 Å². The second kappa shape index (κ2) is 12.0. The zero-order valence-electron chi connectivity index (χ0n) is 22.2. The molecule has 3 aromatic carbocycles. The lowest BCUT2D eigenvalue weighted by Crippen LogP contribution is -2.21.